The summed E-state index contributed by atoms with van der Waals surface area (Å²) in [7, 11) is 0. The molecule has 1 aliphatic rings. The van der Waals surface area contributed by atoms with Crippen LogP contribution in [0, 0.1) is 0 Å². The van der Waals surface area contributed by atoms with Gasteiger partial charge in [-0.15, -0.1) is 0 Å². The fourth-order valence-corrected chi connectivity index (χ4v) is 4.24. The molecule has 1 atom stereocenters. The number of benzene rings is 1. The Hall–Kier alpha value is -3.81. The van der Waals surface area contributed by atoms with Crippen LogP contribution in [-0.2, 0) is 16.0 Å². The highest BCUT2D eigenvalue weighted by Crippen LogP contribution is 2.30. The van der Waals surface area contributed by atoms with Gasteiger partial charge in [-0.25, -0.2) is 0 Å². The second kappa shape index (κ2) is 10.9. The Morgan fingerprint density at radius 2 is 1.71 bits per heavy atom. The standard InChI is InChI=1S/C26H29N3O5/c1-2-18-11-13-20(14-12-18)29(23(30)17-27-25(31)22-10-6-16-34-22)24(21-9-5-15-33-21)26(32)28-19-7-3-4-8-19/h5-6,9-16,19,24H,2-4,7-8,17H2,1H3,(H,27,31)(H,28,32). The van der Waals surface area contributed by atoms with Crippen molar-refractivity contribution in [2.24, 2.45) is 0 Å². The first-order valence-corrected chi connectivity index (χ1v) is 11.6. The molecule has 2 heterocycles. The quantitative estimate of drug-likeness (QED) is 0.499. The van der Waals surface area contributed by atoms with Gasteiger partial charge in [0.15, 0.2) is 11.8 Å². The Morgan fingerprint density at radius 3 is 2.32 bits per heavy atom. The molecule has 3 aromatic rings. The molecule has 34 heavy (non-hydrogen) atoms. The Bertz CT molecular complexity index is 1080. The fourth-order valence-electron chi connectivity index (χ4n) is 4.24. The molecule has 8 nitrogen and oxygen atoms in total. The number of rotatable bonds is 9. The second-order valence-corrected chi connectivity index (χ2v) is 8.35. The van der Waals surface area contributed by atoms with E-state index in [4.69, 9.17) is 8.83 Å². The highest BCUT2D eigenvalue weighted by atomic mass is 16.3. The van der Waals surface area contributed by atoms with Crippen molar-refractivity contribution in [1.82, 2.24) is 10.6 Å². The van der Waals surface area contributed by atoms with Crippen LogP contribution >= 0.6 is 0 Å². The molecule has 4 rings (SSSR count). The van der Waals surface area contributed by atoms with Gasteiger partial charge in [-0.3, -0.25) is 19.3 Å². The van der Waals surface area contributed by atoms with E-state index in [0.29, 0.717) is 11.4 Å². The summed E-state index contributed by atoms with van der Waals surface area (Å²) in [5.41, 5.74) is 1.64. The molecule has 0 saturated heterocycles. The SMILES string of the molecule is CCc1ccc(N(C(=O)CNC(=O)c2ccco2)C(C(=O)NC2CCCC2)c2ccco2)cc1. The third kappa shape index (κ3) is 5.39. The first kappa shape index (κ1) is 23.4. The molecule has 1 fully saturated rings. The van der Waals surface area contributed by atoms with E-state index < -0.39 is 17.9 Å². The molecular formula is C26H29N3O5. The van der Waals surface area contributed by atoms with E-state index in [1.54, 1.807) is 18.2 Å². The largest absolute Gasteiger partial charge is 0.467 e. The van der Waals surface area contributed by atoms with Crippen molar-refractivity contribution in [2.45, 2.75) is 51.1 Å². The maximum Gasteiger partial charge on any atom is 0.287 e. The minimum atomic E-state index is -1.02. The van der Waals surface area contributed by atoms with Crippen LogP contribution in [0.25, 0.3) is 0 Å². The molecule has 8 heteroatoms. The van der Waals surface area contributed by atoms with Crippen molar-refractivity contribution in [3.05, 3.63) is 78.1 Å². The zero-order chi connectivity index (χ0) is 23.9. The second-order valence-electron chi connectivity index (χ2n) is 8.35. The topological polar surface area (TPSA) is 105 Å². The number of carbonyl (C=O) groups excluding carboxylic acids is 3. The summed E-state index contributed by atoms with van der Waals surface area (Å²) >= 11 is 0. The average Bonchev–Trinajstić information content (AvgIpc) is 3.64. The van der Waals surface area contributed by atoms with Crippen molar-refractivity contribution in [3.8, 4) is 0 Å². The van der Waals surface area contributed by atoms with Crippen molar-refractivity contribution in [3.63, 3.8) is 0 Å². The average molecular weight is 464 g/mol. The fraction of sp³-hybridized carbons (Fsp3) is 0.346. The molecule has 0 aliphatic heterocycles. The summed E-state index contributed by atoms with van der Waals surface area (Å²) in [5.74, 6) is -0.821. The van der Waals surface area contributed by atoms with Crippen LogP contribution in [0.3, 0.4) is 0 Å². The van der Waals surface area contributed by atoms with Crippen LogP contribution in [0.2, 0.25) is 0 Å². The summed E-state index contributed by atoms with van der Waals surface area (Å²) < 4.78 is 10.7. The number of aryl methyl sites for hydroxylation is 1. The summed E-state index contributed by atoms with van der Waals surface area (Å²) in [4.78, 5) is 40.7. The lowest BCUT2D eigenvalue weighted by Crippen LogP contribution is -2.49. The first-order valence-electron chi connectivity index (χ1n) is 11.6. The van der Waals surface area contributed by atoms with Gasteiger partial charge in [-0.2, -0.15) is 0 Å². The highest BCUT2D eigenvalue weighted by molar-refractivity contribution is 6.04. The predicted molar refractivity (Wildman–Crippen MR) is 126 cm³/mol. The van der Waals surface area contributed by atoms with Gasteiger partial charge in [-0.05, 0) is 61.2 Å². The molecule has 3 amide bonds. The minimum absolute atomic E-state index is 0.0723. The van der Waals surface area contributed by atoms with Gasteiger partial charge in [0.05, 0.1) is 19.1 Å². The number of carbonyl (C=O) groups is 3. The van der Waals surface area contributed by atoms with Crippen molar-refractivity contribution in [2.75, 3.05) is 11.4 Å². The van der Waals surface area contributed by atoms with Crippen molar-refractivity contribution >= 4 is 23.4 Å². The maximum atomic E-state index is 13.5. The molecule has 1 aliphatic carbocycles. The molecule has 1 saturated carbocycles. The van der Waals surface area contributed by atoms with Gasteiger partial charge >= 0.3 is 0 Å². The molecule has 1 aromatic carbocycles. The summed E-state index contributed by atoms with van der Waals surface area (Å²) in [6.07, 6.45) is 7.67. The summed E-state index contributed by atoms with van der Waals surface area (Å²) in [5, 5.41) is 5.67. The molecule has 2 aromatic heterocycles. The third-order valence-electron chi connectivity index (χ3n) is 6.06. The normalized spacial score (nSPS) is 14.5. The van der Waals surface area contributed by atoms with Gasteiger partial charge in [-0.1, -0.05) is 31.9 Å². The van der Waals surface area contributed by atoms with Gasteiger partial charge in [0.2, 0.25) is 5.91 Å². The molecular weight excluding hydrogens is 434 g/mol. The van der Waals surface area contributed by atoms with Crippen LogP contribution in [0.5, 0.6) is 0 Å². The highest BCUT2D eigenvalue weighted by Gasteiger charge is 2.36. The minimum Gasteiger partial charge on any atom is -0.467 e. The summed E-state index contributed by atoms with van der Waals surface area (Å²) in [6.45, 7) is 1.73. The molecule has 0 radical (unpaired) electrons. The van der Waals surface area contributed by atoms with E-state index >= 15 is 0 Å². The van der Waals surface area contributed by atoms with Crippen LogP contribution in [0.4, 0.5) is 5.69 Å². The zero-order valence-corrected chi connectivity index (χ0v) is 19.2. The lowest BCUT2D eigenvalue weighted by atomic mass is 10.1. The molecule has 1 unspecified atom stereocenters. The van der Waals surface area contributed by atoms with E-state index in [9.17, 15) is 14.4 Å². The number of hydrogen-bond donors (Lipinski definition) is 2. The number of amides is 3. The van der Waals surface area contributed by atoms with Crippen molar-refractivity contribution < 1.29 is 23.2 Å². The molecule has 2 N–H and O–H groups in total. The Morgan fingerprint density at radius 1 is 1.00 bits per heavy atom. The van der Waals surface area contributed by atoms with Gasteiger partial charge in [0, 0.05) is 11.7 Å². The third-order valence-corrected chi connectivity index (χ3v) is 6.06. The Balaban J connectivity index is 1.63. The molecule has 0 bridgehead atoms. The van der Waals surface area contributed by atoms with E-state index in [0.717, 1.165) is 37.7 Å². The summed E-state index contributed by atoms with van der Waals surface area (Å²) in [6, 6.07) is 13.0. The number of anilines is 1. The van der Waals surface area contributed by atoms with Crippen LogP contribution in [0.1, 0.15) is 60.5 Å². The van der Waals surface area contributed by atoms with E-state index in [1.807, 2.05) is 31.2 Å². The van der Waals surface area contributed by atoms with E-state index in [2.05, 4.69) is 10.6 Å². The Kier molecular flexibility index (Phi) is 7.47. The van der Waals surface area contributed by atoms with Crippen LogP contribution in [0.15, 0.2) is 69.9 Å². The van der Waals surface area contributed by atoms with Gasteiger partial charge in [0.1, 0.15) is 5.76 Å². The van der Waals surface area contributed by atoms with E-state index in [1.165, 1.54) is 23.5 Å². The van der Waals surface area contributed by atoms with Gasteiger partial charge in [0.25, 0.3) is 11.8 Å². The zero-order valence-electron chi connectivity index (χ0n) is 19.2. The predicted octanol–water partition coefficient (Wildman–Crippen LogP) is 4.00. The van der Waals surface area contributed by atoms with Gasteiger partial charge < -0.3 is 19.5 Å². The van der Waals surface area contributed by atoms with Crippen LogP contribution in [-0.4, -0.2) is 30.3 Å². The lowest BCUT2D eigenvalue weighted by Gasteiger charge is -2.31. The number of hydrogen-bond acceptors (Lipinski definition) is 5. The van der Waals surface area contributed by atoms with E-state index in [-0.39, 0.29) is 24.3 Å². The molecule has 178 valence electrons. The Labute approximate surface area is 198 Å². The number of furan rings is 2. The van der Waals surface area contributed by atoms with Crippen molar-refractivity contribution in [1.29, 1.82) is 0 Å². The lowest BCUT2D eigenvalue weighted by molar-refractivity contribution is -0.127. The maximum absolute atomic E-state index is 13.5. The first-order chi connectivity index (χ1) is 16.6. The number of nitrogens with one attached hydrogen (secondary N) is 2. The monoisotopic (exact) mass is 463 g/mol. The smallest absolute Gasteiger partial charge is 0.287 e. The number of nitrogens with zero attached hydrogens (tertiary/aromatic N) is 1. The molecule has 0 spiro atoms. The van der Waals surface area contributed by atoms with Crippen LogP contribution < -0.4 is 15.5 Å².